The highest BCUT2D eigenvalue weighted by Gasteiger charge is 2.26. The van der Waals surface area contributed by atoms with Crippen LogP contribution in [0.4, 0.5) is 13.2 Å². The molecular formula is C10H14F3IN2O. The first kappa shape index (κ1) is 14.7. The summed E-state index contributed by atoms with van der Waals surface area (Å²) in [4.78, 5) is 0. The van der Waals surface area contributed by atoms with Gasteiger partial charge in [0.25, 0.3) is 0 Å². The van der Waals surface area contributed by atoms with Crippen molar-refractivity contribution in [1.82, 2.24) is 9.78 Å². The Morgan fingerprint density at radius 2 is 2.12 bits per heavy atom. The van der Waals surface area contributed by atoms with Crippen LogP contribution in [0.5, 0.6) is 0 Å². The highest BCUT2D eigenvalue weighted by molar-refractivity contribution is 14.1. The Balaban J connectivity index is 2.42. The molecular weight excluding hydrogens is 348 g/mol. The van der Waals surface area contributed by atoms with Crippen molar-refractivity contribution in [2.45, 2.75) is 39.1 Å². The predicted molar refractivity (Wildman–Crippen MR) is 65.7 cm³/mol. The van der Waals surface area contributed by atoms with Crippen LogP contribution in [0.15, 0.2) is 6.20 Å². The first-order valence-electron chi connectivity index (χ1n) is 5.17. The molecule has 1 aromatic heterocycles. The van der Waals surface area contributed by atoms with E-state index < -0.39 is 12.6 Å². The van der Waals surface area contributed by atoms with Gasteiger partial charge >= 0.3 is 6.18 Å². The molecule has 0 unspecified atom stereocenters. The second-order valence-corrected chi connectivity index (χ2v) is 5.08. The van der Waals surface area contributed by atoms with Crippen molar-refractivity contribution in [3.63, 3.8) is 0 Å². The van der Waals surface area contributed by atoms with E-state index in [1.54, 1.807) is 4.68 Å². The number of halogens is 4. The van der Waals surface area contributed by atoms with Gasteiger partial charge in [0.15, 0.2) is 0 Å². The van der Waals surface area contributed by atoms with Crippen LogP contribution >= 0.6 is 22.6 Å². The number of rotatable bonds is 5. The lowest BCUT2D eigenvalue weighted by atomic mass is 10.4. The van der Waals surface area contributed by atoms with Crippen molar-refractivity contribution in [1.29, 1.82) is 0 Å². The molecule has 0 fully saturated rings. The summed E-state index contributed by atoms with van der Waals surface area (Å²) < 4.78 is 43.3. The highest BCUT2D eigenvalue weighted by atomic mass is 127. The van der Waals surface area contributed by atoms with Gasteiger partial charge in [0.05, 0.1) is 23.2 Å². The van der Waals surface area contributed by atoms with E-state index >= 15 is 0 Å². The van der Waals surface area contributed by atoms with Gasteiger partial charge in [-0.05, 0) is 36.4 Å². The fourth-order valence-electron chi connectivity index (χ4n) is 1.13. The van der Waals surface area contributed by atoms with Crippen LogP contribution in [-0.4, -0.2) is 22.6 Å². The summed E-state index contributed by atoms with van der Waals surface area (Å²) in [6, 6.07) is 0.229. The van der Waals surface area contributed by atoms with Crippen LogP contribution in [0, 0.1) is 3.57 Å². The molecule has 7 heteroatoms. The van der Waals surface area contributed by atoms with Crippen molar-refractivity contribution >= 4 is 22.6 Å². The van der Waals surface area contributed by atoms with Gasteiger partial charge in [-0.2, -0.15) is 18.3 Å². The predicted octanol–water partition coefficient (Wildman–Crippen LogP) is 3.54. The van der Waals surface area contributed by atoms with E-state index in [2.05, 4.69) is 27.7 Å². The highest BCUT2D eigenvalue weighted by Crippen LogP contribution is 2.20. The van der Waals surface area contributed by atoms with Crippen LogP contribution in [0.1, 0.15) is 32.0 Å². The Morgan fingerprint density at radius 3 is 2.59 bits per heavy atom. The SMILES string of the molecule is CC(C)n1cc(I)c(COCCC(F)(F)F)n1. The number of ether oxygens (including phenoxy) is 1. The minimum absolute atomic E-state index is 0.119. The zero-order chi connectivity index (χ0) is 13.1. The van der Waals surface area contributed by atoms with E-state index in [0.717, 1.165) is 3.57 Å². The molecule has 1 aromatic rings. The number of nitrogens with zero attached hydrogens (tertiary/aromatic N) is 2. The summed E-state index contributed by atoms with van der Waals surface area (Å²) >= 11 is 2.10. The molecule has 1 heterocycles. The van der Waals surface area contributed by atoms with Crippen LogP contribution in [0.25, 0.3) is 0 Å². The van der Waals surface area contributed by atoms with E-state index in [4.69, 9.17) is 4.74 Å². The van der Waals surface area contributed by atoms with Gasteiger partial charge in [-0.1, -0.05) is 0 Å². The molecule has 0 N–H and O–H groups in total. The average Bonchev–Trinajstić information content (AvgIpc) is 2.54. The van der Waals surface area contributed by atoms with Crippen LogP contribution in [0.2, 0.25) is 0 Å². The van der Waals surface area contributed by atoms with Crippen molar-refractivity contribution in [2.24, 2.45) is 0 Å². The topological polar surface area (TPSA) is 27.1 Å². The Labute approximate surface area is 111 Å². The lowest BCUT2D eigenvalue weighted by molar-refractivity contribution is -0.146. The molecule has 98 valence electrons. The zero-order valence-electron chi connectivity index (χ0n) is 9.59. The molecule has 17 heavy (non-hydrogen) atoms. The van der Waals surface area contributed by atoms with Crippen molar-refractivity contribution < 1.29 is 17.9 Å². The largest absolute Gasteiger partial charge is 0.391 e. The standard InChI is InChI=1S/C10H14F3IN2O/c1-7(2)16-5-8(14)9(15-16)6-17-4-3-10(11,12)13/h5,7H,3-4,6H2,1-2H3. The smallest absolute Gasteiger partial charge is 0.375 e. The van der Waals surface area contributed by atoms with Crippen molar-refractivity contribution in [2.75, 3.05) is 6.61 Å². The van der Waals surface area contributed by atoms with E-state index in [1.807, 2.05) is 20.0 Å². The van der Waals surface area contributed by atoms with Gasteiger partial charge in [-0.15, -0.1) is 0 Å². The monoisotopic (exact) mass is 362 g/mol. The van der Waals surface area contributed by atoms with E-state index in [9.17, 15) is 13.2 Å². The first-order valence-corrected chi connectivity index (χ1v) is 6.25. The summed E-state index contributed by atoms with van der Waals surface area (Å²) in [6.45, 7) is 3.76. The van der Waals surface area contributed by atoms with Crippen LogP contribution in [0.3, 0.4) is 0 Å². The third-order valence-electron chi connectivity index (χ3n) is 2.06. The van der Waals surface area contributed by atoms with E-state index in [1.165, 1.54) is 0 Å². The lowest BCUT2D eigenvalue weighted by Gasteiger charge is -2.06. The van der Waals surface area contributed by atoms with Crippen LogP contribution < -0.4 is 0 Å². The molecule has 0 aliphatic rings. The molecule has 0 radical (unpaired) electrons. The maximum Gasteiger partial charge on any atom is 0.391 e. The van der Waals surface area contributed by atoms with Gasteiger partial charge in [0.1, 0.15) is 5.69 Å². The number of aromatic nitrogens is 2. The zero-order valence-corrected chi connectivity index (χ0v) is 11.7. The van der Waals surface area contributed by atoms with Gasteiger partial charge in [-0.25, -0.2) is 0 Å². The maximum atomic E-state index is 11.9. The molecule has 3 nitrogen and oxygen atoms in total. The third kappa shape index (κ3) is 5.24. The summed E-state index contributed by atoms with van der Waals surface area (Å²) in [5.41, 5.74) is 0.682. The van der Waals surface area contributed by atoms with E-state index in [-0.39, 0.29) is 19.3 Å². The van der Waals surface area contributed by atoms with Gasteiger partial charge in [0.2, 0.25) is 0 Å². The molecule has 0 amide bonds. The second kappa shape index (κ2) is 6.03. The Kier molecular flexibility index (Phi) is 5.23. The Bertz CT molecular complexity index is 363. The van der Waals surface area contributed by atoms with Crippen molar-refractivity contribution in [3.05, 3.63) is 15.5 Å². The van der Waals surface area contributed by atoms with Gasteiger partial charge < -0.3 is 4.74 Å². The molecule has 0 aliphatic heterocycles. The quantitative estimate of drug-likeness (QED) is 0.592. The lowest BCUT2D eigenvalue weighted by Crippen LogP contribution is -2.11. The first-order chi connectivity index (χ1) is 7.79. The summed E-state index contributed by atoms with van der Waals surface area (Å²) in [5, 5.41) is 4.25. The number of hydrogen-bond donors (Lipinski definition) is 0. The maximum absolute atomic E-state index is 11.9. The fourth-order valence-corrected chi connectivity index (χ4v) is 1.67. The van der Waals surface area contributed by atoms with Gasteiger partial charge in [0, 0.05) is 12.2 Å². The molecule has 0 bridgehead atoms. The number of alkyl halides is 3. The molecule has 0 saturated carbocycles. The minimum Gasteiger partial charge on any atom is -0.375 e. The van der Waals surface area contributed by atoms with E-state index in [0.29, 0.717) is 5.69 Å². The molecule has 0 aromatic carbocycles. The molecule has 0 spiro atoms. The summed E-state index contributed by atoms with van der Waals surface area (Å²) in [6.07, 6.45) is -3.23. The van der Waals surface area contributed by atoms with Crippen LogP contribution in [-0.2, 0) is 11.3 Å². The number of hydrogen-bond acceptors (Lipinski definition) is 2. The molecule has 0 aliphatic carbocycles. The fraction of sp³-hybridized carbons (Fsp3) is 0.700. The van der Waals surface area contributed by atoms with Crippen molar-refractivity contribution in [3.8, 4) is 0 Å². The normalized spacial score (nSPS) is 12.4. The second-order valence-electron chi connectivity index (χ2n) is 3.92. The molecule has 1 rings (SSSR count). The summed E-state index contributed by atoms with van der Waals surface area (Å²) in [7, 11) is 0. The molecule has 0 saturated heterocycles. The Morgan fingerprint density at radius 1 is 1.47 bits per heavy atom. The molecule has 0 atom stereocenters. The Hall–Kier alpha value is -0.310. The minimum atomic E-state index is -4.16. The van der Waals surface area contributed by atoms with Gasteiger partial charge in [-0.3, -0.25) is 4.68 Å². The summed E-state index contributed by atoms with van der Waals surface area (Å²) in [5.74, 6) is 0. The average molecular weight is 362 g/mol. The third-order valence-corrected chi connectivity index (χ3v) is 2.96.